The maximum atomic E-state index is 11.9. The number of amides is 1. The van der Waals surface area contributed by atoms with Crippen molar-refractivity contribution in [1.29, 1.82) is 0 Å². The molecule has 24 heavy (non-hydrogen) atoms. The van der Waals surface area contributed by atoms with Gasteiger partial charge in [0.15, 0.2) is 0 Å². The van der Waals surface area contributed by atoms with Gasteiger partial charge < -0.3 is 9.47 Å². The zero-order valence-electron chi connectivity index (χ0n) is 14.1. The normalized spacial score (nSPS) is 10.5. The summed E-state index contributed by atoms with van der Waals surface area (Å²) < 4.78 is 10.4. The molecule has 1 amide bonds. The standard InChI is InChI=1S/C17H20N4O3/c1-11-7-12(2)19-17(18-11)21-20-16(22)6-5-13-8-14(23-3)10-15(9-13)24-4/h5-10H,1-4H3,(H,20,22)(H,18,19,21)/b6-5+. The largest absolute Gasteiger partial charge is 0.497 e. The molecule has 2 N–H and O–H groups in total. The molecule has 0 aliphatic carbocycles. The van der Waals surface area contributed by atoms with E-state index in [-0.39, 0.29) is 5.91 Å². The number of anilines is 1. The number of hydrazine groups is 1. The van der Waals surface area contributed by atoms with Crippen LogP contribution in [0.25, 0.3) is 6.08 Å². The summed E-state index contributed by atoms with van der Waals surface area (Å²) in [5.41, 5.74) is 7.62. The molecule has 0 atom stereocenters. The zero-order valence-corrected chi connectivity index (χ0v) is 14.1. The highest BCUT2D eigenvalue weighted by molar-refractivity contribution is 5.92. The highest BCUT2D eigenvalue weighted by Gasteiger charge is 2.02. The Labute approximate surface area is 140 Å². The second kappa shape index (κ2) is 7.96. The van der Waals surface area contributed by atoms with Crippen LogP contribution in [0.5, 0.6) is 11.5 Å². The summed E-state index contributed by atoms with van der Waals surface area (Å²) in [6, 6.07) is 7.21. The van der Waals surface area contributed by atoms with Crippen LogP contribution in [0.4, 0.5) is 5.95 Å². The maximum absolute atomic E-state index is 11.9. The molecule has 0 fully saturated rings. The van der Waals surface area contributed by atoms with Crippen LogP contribution < -0.4 is 20.3 Å². The van der Waals surface area contributed by atoms with Crippen LogP contribution in [0.15, 0.2) is 30.3 Å². The van der Waals surface area contributed by atoms with E-state index in [4.69, 9.17) is 9.47 Å². The number of aryl methyl sites for hydroxylation is 2. The van der Waals surface area contributed by atoms with Crippen molar-refractivity contribution in [1.82, 2.24) is 15.4 Å². The van der Waals surface area contributed by atoms with E-state index >= 15 is 0 Å². The van der Waals surface area contributed by atoms with Gasteiger partial charge in [0, 0.05) is 23.5 Å². The molecule has 0 aliphatic rings. The number of rotatable bonds is 6. The fourth-order valence-electron chi connectivity index (χ4n) is 2.04. The van der Waals surface area contributed by atoms with Gasteiger partial charge in [-0.25, -0.2) is 9.97 Å². The Morgan fingerprint density at radius 1 is 1.00 bits per heavy atom. The van der Waals surface area contributed by atoms with E-state index in [9.17, 15) is 4.79 Å². The van der Waals surface area contributed by atoms with Crippen molar-refractivity contribution in [3.63, 3.8) is 0 Å². The Morgan fingerprint density at radius 2 is 1.58 bits per heavy atom. The summed E-state index contributed by atoms with van der Waals surface area (Å²) in [5.74, 6) is 1.31. The third-order valence-electron chi connectivity index (χ3n) is 3.08. The second-order valence-corrected chi connectivity index (χ2v) is 5.07. The number of hydrogen-bond acceptors (Lipinski definition) is 6. The Morgan fingerprint density at radius 3 is 2.12 bits per heavy atom. The Bertz CT molecular complexity index is 717. The number of ether oxygens (including phenoxy) is 2. The molecule has 1 aromatic heterocycles. The minimum Gasteiger partial charge on any atom is -0.497 e. The fourth-order valence-corrected chi connectivity index (χ4v) is 2.04. The molecule has 0 spiro atoms. The number of carbonyl (C=O) groups is 1. The van der Waals surface area contributed by atoms with Crippen LogP contribution in [0.3, 0.4) is 0 Å². The highest BCUT2D eigenvalue weighted by Crippen LogP contribution is 2.23. The lowest BCUT2D eigenvalue weighted by Crippen LogP contribution is -2.28. The van der Waals surface area contributed by atoms with Crippen molar-refractivity contribution in [2.24, 2.45) is 0 Å². The van der Waals surface area contributed by atoms with Gasteiger partial charge in [-0.3, -0.25) is 15.6 Å². The van der Waals surface area contributed by atoms with Crippen LogP contribution in [0.2, 0.25) is 0 Å². The first-order valence-corrected chi connectivity index (χ1v) is 7.29. The van der Waals surface area contributed by atoms with Gasteiger partial charge in [0.25, 0.3) is 5.91 Å². The Balaban J connectivity index is 2.00. The molecule has 1 heterocycles. The number of methoxy groups -OCH3 is 2. The molecular weight excluding hydrogens is 308 g/mol. The fraction of sp³-hybridized carbons (Fsp3) is 0.235. The third-order valence-corrected chi connectivity index (χ3v) is 3.08. The van der Waals surface area contributed by atoms with E-state index in [1.54, 1.807) is 38.5 Å². The highest BCUT2D eigenvalue weighted by atomic mass is 16.5. The lowest BCUT2D eigenvalue weighted by molar-refractivity contribution is -0.116. The molecule has 0 saturated heterocycles. The van der Waals surface area contributed by atoms with E-state index in [1.807, 2.05) is 19.9 Å². The van der Waals surface area contributed by atoms with Crippen molar-refractivity contribution < 1.29 is 14.3 Å². The predicted octanol–water partition coefficient (Wildman–Crippen LogP) is 2.27. The van der Waals surface area contributed by atoms with Gasteiger partial charge in [0.2, 0.25) is 5.95 Å². The van der Waals surface area contributed by atoms with Crippen LogP contribution in [0, 0.1) is 13.8 Å². The van der Waals surface area contributed by atoms with Gasteiger partial charge in [0.1, 0.15) is 11.5 Å². The average molecular weight is 328 g/mol. The number of nitrogens with zero attached hydrogens (tertiary/aromatic N) is 2. The zero-order chi connectivity index (χ0) is 17.5. The van der Waals surface area contributed by atoms with Crippen molar-refractivity contribution in [3.8, 4) is 11.5 Å². The Kier molecular flexibility index (Phi) is 5.73. The number of hydrogen-bond donors (Lipinski definition) is 2. The van der Waals surface area contributed by atoms with Crippen LogP contribution in [-0.4, -0.2) is 30.1 Å². The van der Waals surface area contributed by atoms with Crippen LogP contribution >= 0.6 is 0 Å². The Hall–Kier alpha value is -3.09. The molecule has 0 bridgehead atoms. The SMILES string of the molecule is COc1cc(/C=C/C(=O)NNc2nc(C)cc(C)n2)cc(OC)c1. The first kappa shape index (κ1) is 17.3. The molecule has 0 unspecified atom stereocenters. The molecule has 7 nitrogen and oxygen atoms in total. The van der Waals surface area contributed by atoms with Gasteiger partial charge >= 0.3 is 0 Å². The van der Waals surface area contributed by atoms with Gasteiger partial charge in [-0.1, -0.05) is 0 Å². The lowest BCUT2D eigenvalue weighted by atomic mass is 10.2. The molecule has 2 rings (SSSR count). The summed E-state index contributed by atoms with van der Waals surface area (Å²) in [6.07, 6.45) is 3.05. The lowest BCUT2D eigenvalue weighted by Gasteiger charge is -2.07. The summed E-state index contributed by atoms with van der Waals surface area (Å²) >= 11 is 0. The van der Waals surface area contributed by atoms with Gasteiger partial charge in [-0.15, -0.1) is 0 Å². The molecule has 1 aromatic carbocycles. The van der Waals surface area contributed by atoms with Gasteiger partial charge in [-0.05, 0) is 43.7 Å². The van der Waals surface area contributed by atoms with E-state index in [1.165, 1.54) is 6.08 Å². The molecule has 0 saturated carbocycles. The van der Waals surface area contributed by atoms with Gasteiger partial charge in [-0.2, -0.15) is 0 Å². The number of aromatic nitrogens is 2. The molecule has 0 radical (unpaired) electrons. The van der Waals surface area contributed by atoms with Crippen LogP contribution in [0.1, 0.15) is 17.0 Å². The molecule has 0 aliphatic heterocycles. The van der Waals surface area contributed by atoms with Gasteiger partial charge in [0.05, 0.1) is 14.2 Å². The number of nitrogens with one attached hydrogen (secondary N) is 2. The molecular formula is C17H20N4O3. The van der Waals surface area contributed by atoms with E-state index in [2.05, 4.69) is 20.8 Å². The summed E-state index contributed by atoms with van der Waals surface area (Å²) in [7, 11) is 3.14. The minimum absolute atomic E-state index is 0.334. The van der Waals surface area contributed by atoms with E-state index in [0.717, 1.165) is 17.0 Å². The topological polar surface area (TPSA) is 85.4 Å². The molecule has 2 aromatic rings. The quantitative estimate of drug-likeness (QED) is 0.625. The molecule has 7 heteroatoms. The van der Waals surface area contributed by atoms with Crippen molar-refractivity contribution in [2.75, 3.05) is 19.6 Å². The summed E-state index contributed by atoms with van der Waals surface area (Å²) in [4.78, 5) is 20.2. The monoisotopic (exact) mass is 328 g/mol. The van der Waals surface area contributed by atoms with Crippen molar-refractivity contribution >= 4 is 17.9 Å². The molecule has 126 valence electrons. The number of benzene rings is 1. The van der Waals surface area contributed by atoms with E-state index in [0.29, 0.717) is 17.4 Å². The van der Waals surface area contributed by atoms with Crippen LogP contribution in [-0.2, 0) is 4.79 Å². The van der Waals surface area contributed by atoms with E-state index < -0.39 is 0 Å². The summed E-state index contributed by atoms with van der Waals surface area (Å²) in [6.45, 7) is 3.72. The second-order valence-electron chi connectivity index (χ2n) is 5.07. The van der Waals surface area contributed by atoms with Crippen molar-refractivity contribution in [2.45, 2.75) is 13.8 Å². The maximum Gasteiger partial charge on any atom is 0.262 e. The average Bonchev–Trinajstić information content (AvgIpc) is 2.57. The first-order chi connectivity index (χ1) is 11.5. The predicted molar refractivity (Wildman–Crippen MR) is 91.9 cm³/mol. The first-order valence-electron chi connectivity index (χ1n) is 7.29. The smallest absolute Gasteiger partial charge is 0.262 e. The third kappa shape index (κ3) is 4.98. The van der Waals surface area contributed by atoms with Crippen molar-refractivity contribution in [3.05, 3.63) is 47.3 Å². The minimum atomic E-state index is -0.334. The summed E-state index contributed by atoms with van der Waals surface area (Å²) in [5, 5.41) is 0. The number of carbonyl (C=O) groups excluding carboxylic acids is 1.